The molecule has 0 saturated heterocycles. The molecule has 1 amide bonds. The van der Waals surface area contributed by atoms with Crippen molar-refractivity contribution >= 4 is 5.91 Å². The van der Waals surface area contributed by atoms with Crippen LogP contribution in [-0.4, -0.2) is 17.6 Å². The third-order valence-corrected chi connectivity index (χ3v) is 3.17. The summed E-state index contributed by atoms with van der Waals surface area (Å²) in [6.07, 6.45) is 0. The SMILES string of the molecule is C[C@@](O)(CNC(=O)c1ccc(F)c(F)c1)c1ccccc1. The summed E-state index contributed by atoms with van der Waals surface area (Å²) in [5.41, 5.74) is -0.608. The van der Waals surface area contributed by atoms with Gasteiger partial charge in [0.05, 0.1) is 6.54 Å². The monoisotopic (exact) mass is 291 g/mol. The van der Waals surface area contributed by atoms with Crippen LogP contribution in [0.3, 0.4) is 0 Å². The molecule has 0 unspecified atom stereocenters. The van der Waals surface area contributed by atoms with Gasteiger partial charge in [-0.2, -0.15) is 0 Å². The standard InChI is InChI=1S/C16H15F2NO2/c1-16(21,12-5-3-2-4-6-12)10-19-15(20)11-7-8-13(17)14(18)9-11/h2-9,21H,10H2,1H3,(H,19,20)/t16-/m1/s1. The Labute approximate surface area is 121 Å². The number of carbonyl (C=O) groups excluding carboxylic acids is 1. The molecule has 2 aromatic carbocycles. The molecule has 0 bridgehead atoms. The van der Waals surface area contributed by atoms with Crippen LogP contribution in [0.1, 0.15) is 22.8 Å². The number of hydrogen-bond acceptors (Lipinski definition) is 2. The maximum Gasteiger partial charge on any atom is 0.251 e. The zero-order chi connectivity index (χ0) is 15.5. The minimum atomic E-state index is -1.25. The minimum absolute atomic E-state index is 0.00207. The molecule has 0 heterocycles. The van der Waals surface area contributed by atoms with Crippen molar-refractivity contribution in [1.29, 1.82) is 0 Å². The lowest BCUT2D eigenvalue weighted by atomic mass is 9.96. The Morgan fingerprint density at radius 2 is 1.81 bits per heavy atom. The highest BCUT2D eigenvalue weighted by atomic mass is 19.2. The average Bonchev–Trinajstić information content (AvgIpc) is 2.48. The second-order valence-electron chi connectivity index (χ2n) is 4.95. The molecule has 0 fully saturated rings. The summed E-state index contributed by atoms with van der Waals surface area (Å²) in [5.74, 6) is -2.68. The zero-order valence-electron chi connectivity index (χ0n) is 11.4. The summed E-state index contributed by atoms with van der Waals surface area (Å²) in [5, 5.41) is 12.8. The largest absolute Gasteiger partial charge is 0.384 e. The van der Waals surface area contributed by atoms with E-state index in [1.54, 1.807) is 31.2 Å². The molecule has 2 rings (SSSR count). The van der Waals surface area contributed by atoms with E-state index in [0.717, 1.165) is 12.1 Å². The third kappa shape index (κ3) is 3.64. The number of hydrogen-bond donors (Lipinski definition) is 2. The molecule has 2 aromatic rings. The van der Waals surface area contributed by atoms with E-state index in [-0.39, 0.29) is 12.1 Å². The molecule has 2 N–H and O–H groups in total. The predicted molar refractivity (Wildman–Crippen MR) is 74.7 cm³/mol. The Kier molecular flexibility index (Phi) is 4.33. The second-order valence-corrected chi connectivity index (χ2v) is 4.95. The maximum atomic E-state index is 13.1. The summed E-state index contributed by atoms with van der Waals surface area (Å²) in [4.78, 5) is 11.9. The molecule has 0 spiro atoms. The lowest BCUT2D eigenvalue weighted by Crippen LogP contribution is -2.38. The van der Waals surface area contributed by atoms with Gasteiger partial charge in [-0.15, -0.1) is 0 Å². The first-order chi connectivity index (χ1) is 9.90. The number of nitrogens with one attached hydrogen (secondary N) is 1. The normalized spacial score (nSPS) is 13.5. The Balaban J connectivity index is 2.05. The number of amides is 1. The molecule has 0 aliphatic heterocycles. The fraction of sp³-hybridized carbons (Fsp3) is 0.188. The van der Waals surface area contributed by atoms with E-state index in [0.29, 0.717) is 5.56 Å². The van der Waals surface area contributed by atoms with Gasteiger partial charge in [0.25, 0.3) is 5.91 Å². The molecule has 110 valence electrons. The quantitative estimate of drug-likeness (QED) is 0.909. The van der Waals surface area contributed by atoms with Crippen molar-refractivity contribution in [3.05, 3.63) is 71.3 Å². The Morgan fingerprint density at radius 3 is 2.43 bits per heavy atom. The van der Waals surface area contributed by atoms with Crippen LogP contribution in [0.5, 0.6) is 0 Å². The van der Waals surface area contributed by atoms with Crippen LogP contribution < -0.4 is 5.32 Å². The molecular weight excluding hydrogens is 276 g/mol. The van der Waals surface area contributed by atoms with Crippen LogP contribution in [0.15, 0.2) is 48.5 Å². The van der Waals surface area contributed by atoms with E-state index in [1.165, 1.54) is 6.07 Å². The van der Waals surface area contributed by atoms with Crippen molar-refractivity contribution in [2.24, 2.45) is 0 Å². The molecule has 0 aliphatic rings. The first kappa shape index (κ1) is 15.1. The van der Waals surface area contributed by atoms with Crippen LogP contribution in [0.4, 0.5) is 8.78 Å². The van der Waals surface area contributed by atoms with Gasteiger partial charge in [0.2, 0.25) is 0 Å². The van der Waals surface area contributed by atoms with Crippen LogP contribution in [0, 0.1) is 11.6 Å². The predicted octanol–water partition coefficient (Wildman–Crippen LogP) is 2.60. The molecule has 0 radical (unpaired) electrons. The van der Waals surface area contributed by atoms with Gasteiger partial charge < -0.3 is 10.4 Å². The molecule has 3 nitrogen and oxygen atoms in total. The smallest absolute Gasteiger partial charge is 0.251 e. The Bertz CT molecular complexity index is 642. The number of benzene rings is 2. The van der Waals surface area contributed by atoms with Gasteiger partial charge in [-0.05, 0) is 30.7 Å². The van der Waals surface area contributed by atoms with Gasteiger partial charge in [-0.1, -0.05) is 30.3 Å². The highest BCUT2D eigenvalue weighted by Gasteiger charge is 2.23. The van der Waals surface area contributed by atoms with E-state index in [1.807, 2.05) is 6.07 Å². The molecule has 0 aliphatic carbocycles. The fourth-order valence-electron chi connectivity index (χ4n) is 1.89. The van der Waals surface area contributed by atoms with Gasteiger partial charge >= 0.3 is 0 Å². The topological polar surface area (TPSA) is 49.3 Å². The van der Waals surface area contributed by atoms with Gasteiger partial charge in [0, 0.05) is 5.56 Å². The number of rotatable bonds is 4. The summed E-state index contributed by atoms with van der Waals surface area (Å²) in [6, 6.07) is 11.8. The van der Waals surface area contributed by atoms with Crippen LogP contribution in [-0.2, 0) is 5.60 Å². The van der Waals surface area contributed by atoms with Crippen LogP contribution >= 0.6 is 0 Å². The van der Waals surface area contributed by atoms with E-state index in [4.69, 9.17) is 0 Å². The minimum Gasteiger partial charge on any atom is -0.384 e. The number of aliphatic hydroxyl groups is 1. The van der Waals surface area contributed by atoms with Gasteiger partial charge in [-0.3, -0.25) is 4.79 Å². The average molecular weight is 291 g/mol. The Morgan fingerprint density at radius 1 is 1.14 bits per heavy atom. The number of halogens is 2. The molecule has 5 heteroatoms. The van der Waals surface area contributed by atoms with Crippen molar-refractivity contribution < 1.29 is 18.7 Å². The van der Waals surface area contributed by atoms with E-state index >= 15 is 0 Å². The van der Waals surface area contributed by atoms with Crippen LogP contribution in [0.2, 0.25) is 0 Å². The number of carbonyl (C=O) groups is 1. The van der Waals surface area contributed by atoms with Gasteiger partial charge in [0.15, 0.2) is 11.6 Å². The second kappa shape index (κ2) is 6.01. The lowest BCUT2D eigenvalue weighted by Gasteiger charge is -2.24. The van der Waals surface area contributed by atoms with Crippen molar-refractivity contribution in [3.63, 3.8) is 0 Å². The van der Waals surface area contributed by atoms with Gasteiger partial charge in [0.1, 0.15) is 5.60 Å². The highest BCUT2D eigenvalue weighted by molar-refractivity contribution is 5.94. The summed E-state index contributed by atoms with van der Waals surface area (Å²) in [6.45, 7) is 1.52. The van der Waals surface area contributed by atoms with E-state index in [2.05, 4.69) is 5.32 Å². The van der Waals surface area contributed by atoms with Crippen molar-refractivity contribution in [2.75, 3.05) is 6.54 Å². The summed E-state index contributed by atoms with van der Waals surface area (Å²) < 4.78 is 25.9. The van der Waals surface area contributed by atoms with Crippen molar-refractivity contribution in [3.8, 4) is 0 Å². The molecule has 0 aromatic heterocycles. The zero-order valence-corrected chi connectivity index (χ0v) is 11.4. The van der Waals surface area contributed by atoms with Crippen molar-refractivity contribution in [2.45, 2.75) is 12.5 Å². The van der Waals surface area contributed by atoms with Crippen LogP contribution in [0.25, 0.3) is 0 Å². The highest BCUT2D eigenvalue weighted by Crippen LogP contribution is 2.19. The van der Waals surface area contributed by atoms with E-state index in [9.17, 15) is 18.7 Å². The summed E-state index contributed by atoms with van der Waals surface area (Å²) in [7, 11) is 0. The first-order valence-electron chi connectivity index (χ1n) is 6.41. The maximum absolute atomic E-state index is 13.1. The fourth-order valence-corrected chi connectivity index (χ4v) is 1.89. The molecular formula is C16H15F2NO2. The van der Waals surface area contributed by atoms with Gasteiger partial charge in [-0.25, -0.2) is 8.78 Å². The lowest BCUT2D eigenvalue weighted by molar-refractivity contribution is 0.0526. The first-order valence-corrected chi connectivity index (χ1v) is 6.41. The summed E-state index contributed by atoms with van der Waals surface area (Å²) >= 11 is 0. The molecule has 0 saturated carbocycles. The molecule has 21 heavy (non-hydrogen) atoms. The van der Waals surface area contributed by atoms with E-state index < -0.39 is 23.1 Å². The molecule has 1 atom stereocenters. The Hall–Kier alpha value is -2.27. The third-order valence-electron chi connectivity index (χ3n) is 3.17. The van der Waals surface area contributed by atoms with Crippen molar-refractivity contribution in [1.82, 2.24) is 5.32 Å².